The van der Waals surface area contributed by atoms with Crippen molar-refractivity contribution in [1.29, 1.82) is 0 Å². The molecule has 1 aromatic heterocycles. The van der Waals surface area contributed by atoms with E-state index in [1.54, 1.807) is 43.0 Å². The van der Waals surface area contributed by atoms with Gasteiger partial charge < -0.3 is 24.7 Å². The Balaban J connectivity index is 1.96. The molecule has 2 N–H and O–H groups in total. The topological polar surface area (TPSA) is 118 Å². The van der Waals surface area contributed by atoms with Crippen LogP contribution >= 0.6 is 0 Å². The molecule has 0 radical (unpaired) electrons. The van der Waals surface area contributed by atoms with Gasteiger partial charge in [-0.05, 0) is 57.5 Å². The quantitative estimate of drug-likeness (QED) is 0.623. The number of carbonyl (C=O) groups is 4. The van der Waals surface area contributed by atoms with Gasteiger partial charge in [-0.3, -0.25) is 9.59 Å². The molecule has 1 heterocycles. The smallest absolute Gasteiger partial charge is 0.355 e. The van der Waals surface area contributed by atoms with E-state index >= 15 is 0 Å². The van der Waals surface area contributed by atoms with E-state index in [4.69, 9.17) is 9.47 Å². The van der Waals surface area contributed by atoms with Gasteiger partial charge in [-0.1, -0.05) is 0 Å². The van der Waals surface area contributed by atoms with Crippen LogP contribution in [0.3, 0.4) is 0 Å². The minimum atomic E-state index is -0.758. The van der Waals surface area contributed by atoms with Crippen LogP contribution in [0.25, 0.3) is 0 Å². The summed E-state index contributed by atoms with van der Waals surface area (Å²) >= 11 is 0. The molecule has 2 rings (SSSR count). The lowest BCUT2D eigenvalue weighted by Gasteiger charge is -2.18. The first kappa shape index (κ1) is 23.7. The number of methoxy groups -OCH3 is 1. The molecular formula is C22H27N3O6. The Bertz CT molecular complexity index is 974. The number of nitrogens with zero attached hydrogens (tertiary/aromatic N) is 1. The number of aromatic nitrogens is 1. The molecular weight excluding hydrogens is 402 g/mol. The van der Waals surface area contributed by atoms with Gasteiger partial charge in [0.15, 0.2) is 6.61 Å². The number of hydrogen-bond donors (Lipinski definition) is 2. The average Bonchev–Trinajstić information content (AvgIpc) is 3.06. The van der Waals surface area contributed by atoms with Gasteiger partial charge in [0.2, 0.25) is 0 Å². The van der Waals surface area contributed by atoms with Gasteiger partial charge in [-0.25, -0.2) is 9.59 Å². The number of aryl methyl sites for hydroxylation is 1. The van der Waals surface area contributed by atoms with Crippen molar-refractivity contribution in [3.63, 3.8) is 0 Å². The number of rotatable bonds is 8. The van der Waals surface area contributed by atoms with Crippen LogP contribution in [0.4, 0.5) is 5.69 Å². The second-order valence-electron chi connectivity index (χ2n) is 6.80. The van der Waals surface area contributed by atoms with E-state index in [1.807, 2.05) is 13.8 Å². The summed E-state index contributed by atoms with van der Waals surface area (Å²) in [5.41, 5.74) is 2.20. The summed E-state index contributed by atoms with van der Waals surface area (Å²) in [4.78, 5) is 53.1. The molecule has 166 valence electrons. The number of amides is 2. The van der Waals surface area contributed by atoms with Crippen LogP contribution in [0.1, 0.15) is 56.3 Å². The van der Waals surface area contributed by atoms with Gasteiger partial charge in [-0.2, -0.15) is 0 Å². The lowest BCUT2D eigenvalue weighted by molar-refractivity contribution is -0.119. The molecule has 0 aliphatic rings. The van der Waals surface area contributed by atoms with Crippen LogP contribution < -0.4 is 5.32 Å². The van der Waals surface area contributed by atoms with Crippen LogP contribution in [-0.4, -0.2) is 60.4 Å². The van der Waals surface area contributed by atoms with Crippen molar-refractivity contribution < 1.29 is 28.7 Å². The van der Waals surface area contributed by atoms with E-state index in [9.17, 15) is 19.2 Å². The molecule has 2 amide bonds. The highest BCUT2D eigenvalue weighted by Crippen LogP contribution is 2.19. The maximum absolute atomic E-state index is 12.3. The van der Waals surface area contributed by atoms with Crippen molar-refractivity contribution in [3.05, 3.63) is 52.3 Å². The SMILES string of the molecule is CCN(CC)C(=O)c1ccc(NC(=O)COC(=O)c2[nH]c(C)c(C(=O)OC)c2C)cc1. The maximum Gasteiger partial charge on any atom is 0.355 e. The largest absolute Gasteiger partial charge is 0.465 e. The van der Waals surface area contributed by atoms with Crippen LogP contribution in [0.5, 0.6) is 0 Å². The van der Waals surface area contributed by atoms with Crippen molar-refractivity contribution in [1.82, 2.24) is 9.88 Å². The summed E-state index contributed by atoms with van der Waals surface area (Å²) in [6.07, 6.45) is 0. The molecule has 9 heteroatoms. The Morgan fingerprint density at radius 2 is 1.61 bits per heavy atom. The van der Waals surface area contributed by atoms with Crippen molar-refractivity contribution in [2.75, 3.05) is 32.1 Å². The molecule has 0 saturated carbocycles. The van der Waals surface area contributed by atoms with Crippen molar-refractivity contribution in [3.8, 4) is 0 Å². The number of aromatic amines is 1. The zero-order valence-corrected chi connectivity index (χ0v) is 18.3. The number of benzene rings is 1. The third-order valence-corrected chi connectivity index (χ3v) is 4.83. The average molecular weight is 429 g/mol. The second-order valence-corrected chi connectivity index (χ2v) is 6.80. The monoisotopic (exact) mass is 429 g/mol. The Labute approximate surface area is 180 Å². The van der Waals surface area contributed by atoms with Crippen LogP contribution in [0.15, 0.2) is 24.3 Å². The molecule has 1 aromatic carbocycles. The minimum absolute atomic E-state index is 0.0836. The standard InChI is InChI=1S/C22H27N3O6/c1-6-25(7-2)20(27)15-8-10-16(11-9-15)24-17(26)12-31-22(29)19-13(3)18(14(4)23-19)21(28)30-5/h8-11,23H,6-7,12H2,1-5H3,(H,24,26). The minimum Gasteiger partial charge on any atom is -0.465 e. The van der Waals surface area contributed by atoms with Gasteiger partial charge in [0.05, 0.1) is 12.7 Å². The third-order valence-electron chi connectivity index (χ3n) is 4.83. The molecule has 0 saturated heterocycles. The molecule has 0 spiro atoms. The van der Waals surface area contributed by atoms with Gasteiger partial charge in [0, 0.05) is 30.0 Å². The zero-order chi connectivity index (χ0) is 23.1. The molecule has 9 nitrogen and oxygen atoms in total. The summed E-state index contributed by atoms with van der Waals surface area (Å²) in [6.45, 7) is 7.75. The molecule has 0 aliphatic carbocycles. The van der Waals surface area contributed by atoms with Gasteiger partial charge in [0.25, 0.3) is 11.8 Å². The highest BCUT2D eigenvalue weighted by atomic mass is 16.5. The molecule has 2 aromatic rings. The predicted molar refractivity (Wildman–Crippen MR) is 114 cm³/mol. The lowest BCUT2D eigenvalue weighted by atomic mass is 10.1. The summed E-state index contributed by atoms with van der Waals surface area (Å²) in [5, 5.41) is 2.61. The van der Waals surface area contributed by atoms with Gasteiger partial charge in [-0.15, -0.1) is 0 Å². The number of ether oxygens (including phenoxy) is 2. The molecule has 0 bridgehead atoms. The highest BCUT2D eigenvalue weighted by molar-refractivity contribution is 6.00. The first-order chi connectivity index (χ1) is 14.7. The highest BCUT2D eigenvalue weighted by Gasteiger charge is 2.23. The fraction of sp³-hybridized carbons (Fsp3) is 0.364. The normalized spacial score (nSPS) is 10.4. The Morgan fingerprint density at radius 1 is 1.00 bits per heavy atom. The van der Waals surface area contributed by atoms with Crippen molar-refractivity contribution in [2.45, 2.75) is 27.7 Å². The van der Waals surface area contributed by atoms with Crippen molar-refractivity contribution >= 4 is 29.4 Å². The van der Waals surface area contributed by atoms with Crippen LogP contribution in [0.2, 0.25) is 0 Å². The maximum atomic E-state index is 12.3. The lowest BCUT2D eigenvalue weighted by Crippen LogP contribution is -2.30. The predicted octanol–water partition coefficient (Wildman–Crippen LogP) is 2.70. The summed E-state index contributed by atoms with van der Waals surface area (Å²) in [7, 11) is 1.25. The number of esters is 2. The summed E-state index contributed by atoms with van der Waals surface area (Å²) in [6, 6.07) is 6.47. The zero-order valence-electron chi connectivity index (χ0n) is 18.3. The van der Waals surface area contributed by atoms with Crippen LogP contribution in [-0.2, 0) is 14.3 Å². The first-order valence-corrected chi connectivity index (χ1v) is 9.87. The fourth-order valence-electron chi connectivity index (χ4n) is 3.15. The first-order valence-electron chi connectivity index (χ1n) is 9.87. The van der Waals surface area contributed by atoms with E-state index < -0.39 is 24.5 Å². The molecule has 31 heavy (non-hydrogen) atoms. The van der Waals surface area contributed by atoms with E-state index in [-0.39, 0.29) is 17.2 Å². The molecule has 0 fully saturated rings. The fourth-order valence-corrected chi connectivity index (χ4v) is 3.15. The van der Waals surface area contributed by atoms with Crippen molar-refractivity contribution in [2.24, 2.45) is 0 Å². The summed E-state index contributed by atoms with van der Waals surface area (Å²) < 4.78 is 9.76. The van der Waals surface area contributed by atoms with Gasteiger partial charge in [0.1, 0.15) is 5.69 Å². The number of carbonyl (C=O) groups excluding carboxylic acids is 4. The number of H-pyrrole nitrogens is 1. The van der Waals surface area contributed by atoms with E-state index in [2.05, 4.69) is 10.3 Å². The van der Waals surface area contributed by atoms with Crippen LogP contribution in [0, 0.1) is 13.8 Å². The number of nitrogens with one attached hydrogen (secondary N) is 2. The second kappa shape index (κ2) is 10.4. The Morgan fingerprint density at radius 3 is 2.16 bits per heavy atom. The number of anilines is 1. The molecule has 0 unspecified atom stereocenters. The van der Waals surface area contributed by atoms with E-state index in [1.165, 1.54) is 7.11 Å². The summed E-state index contributed by atoms with van der Waals surface area (Å²) in [5.74, 6) is -1.94. The number of hydrogen-bond acceptors (Lipinski definition) is 6. The Kier molecular flexibility index (Phi) is 7.95. The third kappa shape index (κ3) is 5.50. The van der Waals surface area contributed by atoms with E-state index in [0.29, 0.717) is 35.6 Å². The van der Waals surface area contributed by atoms with E-state index in [0.717, 1.165) is 0 Å². The molecule has 0 aliphatic heterocycles. The van der Waals surface area contributed by atoms with Gasteiger partial charge >= 0.3 is 11.9 Å². The molecule has 0 atom stereocenters. The Hall–Kier alpha value is -3.62.